The Morgan fingerprint density at radius 2 is 2.04 bits per heavy atom. The molecule has 0 aliphatic rings. The second-order valence-corrected chi connectivity index (χ2v) is 5.82. The zero-order chi connectivity index (χ0) is 17.8. The first-order valence-corrected chi connectivity index (χ1v) is 8.46. The summed E-state index contributed by atoms with van der Waals surface area (Å²) in [6, 6.07) is 7.81. The van der Waals surface area contributed by atoms with Crippen molar-refractivity contribution in [2.75, 3.05) is 0 Å². The number of carbonyl (C=O) groups excluding carboxylic acids is 1. The van der Waals surface area contributed by atoms with Crippen molar-refractivity contribution in [3.05, 3.63) is 46.9 Å². The Hall–Kier alpha value is -2.83. The molecule has 0 bridgehead atoms. The molecule has 0 radical (unpaired) electrons. The number of aryl methyl sites for hydroxylation is 3. The highest BCUT2D eigenvalue weighted by Gasteiger charge is 2.20. The van der Waals surface area contributed by atoms with Gasteiger partial charge in [0.25, 0.3) is 0 Å². The number of hydrogen-bond acceptors (Lipinski definition) is 6. The van der Waals surface area contributed by atoms with Crippen LogP contribution in [0.15, 0.2) is 24.3 Å². The maximum atomic E-state index is 12.7. The van der Waals surface area contributed by atoms with E-state index in [1.165, 1.54) is 0 Å². The molecule has 7 nitrogen and oxygen atoms in total. The van der Waals surface area contributed by atoms with Crippen molar-refractivity contribution in [1.29, 1.82) is 0 Å². The van der Waals surface area contributed by atoms with Crippen molar-refractivity contribution in [2.24, 2.45) is 0 Å². The maximum Gasteiger partial charge on any atom is 0.340 e. The van der Waals surface area contributed by atoms with Crippen LogP contribution in [-0.2, 0) is 24.3 Å². The van der Waals surface area contributed by atoms with Gasteiger partial charge < -0.3 is 4.74 Å². The number of para-hydroxylation sites is 1. The van der Waals surface area contributed by atoms with Crippen LogP contribution in [0.5, 0.6) is 0 Å². The van der Waals surface area contributed by atoms with E-state index in [0.717, 1.165) is 28.6 Å². The van der Waals surface area contributed by atoms with Gasteiger partial charge in [-0.2, -0.15) is 0 Å². The second-order valence-electron chi connectivity index (χ2n) is 5.82. The highest BCUT2D eigenvalue weighted by atomic mass is 16.5. The summed E-state index contributed by atoms with van der Waals surface area (Å²) in [4.78, 5) is 17.3. The van der Waals surface area contributed by atoms with Crippen molar-refractivity contribution >= 4 is 16.9 Å². The number of ether oxygens (including phenoxy) is 1. The van der Waals surface area contributed by atoms with Gasteiger partial charge in [-0.1, -0.05) is 32.0 Å². The van der Waals surface area contributed by atoms with E-state index in [9.17, 15) is 4.79 Å². The molecular formula is C18H21N5O2. The SMILES string of the molecule is CCCn1nnnc1COC(=O)c1c(CC)nc2ccccc2c1C. The van der Waals surface area contributed by atoms with Gasteiger partial charge in [-0.3, -0.25) is 4.98 Å². The van der Waals surface area contributed by atoms with Crippen molar-refractivity contribution in [3.63, 3.8) is 0 Å². The molecule has 3 rings (SSSR count). The molecule has 7 heteroatoms. The third-order valence-electron chi connectivity index (χ3n) is 4.14. The number of carbonyl (C=O) groups is 1. The van der Waals surface area contributed by atoms with E-state index in [4.69, 9.17) is 4.74 Å². The zero-order valence-corrected chi connectivity index (χ0v) is 14.7. The third kappa shape index (κ3) is 3.35. The molecule has 0 fully saturated rings. The lowest BCUT2D eigenvalue weighted by Gasteiger charge is -2.13. The number of pyridine rings is 1. The number of esters is 1. The first-order chi connectivity index (χ1) is 12.2. The zero-order valence-electron chi connectivity index (χ0n) is 14.7. The Morgan fingerprint density at radius 3 is 2.80 bits per heavy atom. The Kier molecular flexibility index (Phi) is 5.02. The van der Waals surface area contributed by atoms with Gasteiger partial charge in [0.1, 0.15) is 0 Å². The fourth-order valence-electron chi connectivity index (χ4n) is 2.88. The van der Waals surface area contributed by atoms with Gasteiger partial charge in [0.2, 0.25) is 0 Å². The van der Waals surface area contributed by atoms with Crippen molar-refractivity contribution in [2.45, 2.75) is 46.8 Å². The van der Waals surface area contributed by atoms with E-state index in [2.05, 4.69) is 20.5 Å². The molecule has 25 heavy (non-hydrogen) atoms. The number of benzene rings is 1. The molecule has 0 spiro atoms. The molecule has 130 valence electrons. The van der Waals surface area contributed by atoms with E-state index >= 15 is 0 Å². The van der Waals surface area contributed by atoms with Crippen LogP contribution in [0.1, 0.15) is 47.7 Å². The molecule has 0 aliphatic carbocycles. The maximum absolute atomic E-state index is 12.7. The minimum atomic E-state index is -0.390. The lowest BCUT2D eigenvalue weighted by molar-refractivity contribution is 0.0454. The molecule has 0 N–H and O–H groups in total. The number of rotatable bonds is 6. The summed E-state index contributed by atoms with van der Waals surface area (Å²) in [7, 11) is 0. The monoisotopic (exact) mass is 339 g/mol. The molecule has 2 aromatic heterocycles. The van der Waals surface area contributed by atoms with Crippen LogP contribution in [0, 0.1) is 6.92 Å². The van der Waals surface area contributed by atoms with E-state index < -0.39 is 5.97 Å². The summed E-state index contributed by atoms with van der Waals surface area (Å²) in [6.45, 7) is 6.68. The molecular weight excluding hydrogens is 318 g/mol. The van der Waals surface area contributed by atoms with E-state index in [1.807, 2.05) is 45.0 Å². The summed E-state index contributed by atoms with van der Waals surface area (Å²) < 4.78 is 7.14. The minimum Gasteiger partial charge on any atom is -0.454 e. The van der Waals surface area contributed by atoms with Gasteiger partial charge in [0, 0.05) is 11.9 Å². The van der Waals surface area contributed by atoms with Gasteiger partial charge in [-0.05, 0) is 41.8 Å². The number of hydrogen-bond donors (Lipinski definition) is 0. The van der Waals surface area contributed by atoms with E-state index in [1.54, 1.807) is 4.68 Å². The largest absolute Gasteiger partial charge is 0.454 e. The van der Waals surface area contributed by atoms with Gasteiger partial charge in [0.15, 0.2) is 12.4 Å². The lowest BCUT2D eigenvalue weighted by Crippen LogP contribution is -2.14. The van der Waals surface area contributed by atoms with Gasteiger partial charge >= 0.3 is 5.97 Å². The fraction of sp³-hybridized carbons (Fsp3) is 0.389. The van der Waals surface area contributed by atoms with Crippen molar-refractivity contribution in [3.8, 4) is 0 Å². The molecule has 1 aromatic carbocycles. The van der Waals surface area contributed by atoms with Gasteiger partial charge in [0.05, 0.1) is 16.8 Å². The van der Waals surface area contributed by atoms with Crippen LogP contribution in [0.25, 0.3) is 10.9 Å². The predicted molar refractivity (Wildman–Crippen MR) is 93.1 cm³/mol. The molecule has 0 amide bonds. The topological polar surface area (TPSA) is 82.8 Å². The normalized spacial score (nSPS) is 11.0. The third-order valence-corrected chi connectivity index (χ3v) is 4.14. The van der Waals surface area contributed by atoms with Crippen molar-refractivity contribution in [1.82, 2.24) is 25.2 Å². The standard InChI is InChI=1S/C18H21N5O2/c1-4-10-23-16(20-21-22-23)11-25-18(24)17-12(3)13-8-6-7-9-15(13)19-14(17)5-2/h6-9H,4-5,10-11H2,1-3H3. The van der Waals surface area contributed by atoms with Crippen molar-refractivity contribution < 1.29 is 9.53 Å². The first-order valence-electron chi connectivity index (χ1n) is 8.46. The first kappa shape index (κ1) is 17.0. The summed E-state index contributed by atoms with van der Waals surface area (Å²) in [5.41, 5.74) is 3.06. The van der Waals surface area contributed by atoms with E-state index in [-0.39, 0.29) is 6.61 Å². The number of aromatic nitrogens is 5. The summed E-state index contributed by atoms with van der Waals surface area (Å²) >= 11 is 0. The Labute approximate surface area is 146 Å². The smallest absolute Gasteiger partial charge is 0.340 e. The summed E-state index contributed by atoms with van der Waals surface area (Å²) in [5.74, 6) is 0.151. The second kappa shape index (κ2) is 7.38. The molecule has 0 aliphatic heterocycles. The number of fused-ring (bicyclic) bond motifs is 1. The molecule has 0 saturated carbocycles. The molecule has 0 saturated heterocycles. The van der Waals surface area contributed by atoms with Crippen LogP contribution < -0.4 is 0 Å². The van der Waals surface area contributed by atoms with Crippen LogP contribution in [-0.4, -0.2) is 31.2 Å². The quantitative estimate of drug-likeness (QED) is 0.642. The molecule has 0 atom stereocenters. The van der Waals surface area contributed by atoms with Crippen LogP contribution >= 0.6 is 0 Å². The highest BCUT2D eigenvalue weighted by molar-refractivity contribution is 5.98. The van der Waals surface area contributed by atoms with Crippen LogP contribution in [0.4, 0.5) is 0 Å². The average Bonchev–Trinajstić information content (AvgIpc) is 3.07. The van der Waals surface area contributed by atoms with E-state index in [0.29, 0.717) is 24.4 Å². The van der Waals surface area contributed by atoms with Crippen LogP contribution in [0.3, 0.4) is 0 Å². The Bertz CT molecular complexity index is 904. The lowest BCUT2D eigenvalue weighted by atomic mass is 10.0. The minimum absolute atomic E-state index is 0.0429. The fourth-order valence-corrected chi connectivity index (χ4v) is 2.88. The molecule has 3 aromatic rings. The van der Waals surface area contributed by atoms with Gasteiger partial charge in [-0.15, -0.1) is 5.10 Å². The average molecular weight is 339 g/mol. The molecule has 2 heterocycles. The summed E-state index contributed by atoms with van der Waals surface area (Å²) in [6.07, 6.45) is 1.56. The Morgan fingerprint density at radius 1 is 1.24 bits per heavy atom. The molecule has 0 unspecified atom stereocenters. The number of tetrazole rings is 1. The van der Waals surface area contributed by atoms with Crippen LogP contribution in [0.2, 0.25) is 0 Å². The predicted octanol–water partition coefficient (Wildman–Crippen LogP) is 2.86. The number of nitrogens with zero attached hydrogens (tertiary/aromatic N) is 5. The summed E-state index contributed by atoms with van der Waals surface area (Å²) in [5, 5.41) is 12.4. The van der Waals surface area contributed by atoms with Gasteiger partial charge in [-0.25, -0.2) is 9.48 Å². The Balaban J connectivity index is 1.89. The highest BCUT2D eigenvalue weighted by Crippen LogP contribution is 2.24.